The average molecular weight is 700 g/mol. The van der Waals surface area contributed by atoms with Crippen LogP contribution in [-0.2, 0) is 12.6 Å². The minimum absolute atomic E-state index is 0.213. The number of hydrogen-bond acceptors (Lipinski definition) is 0. The van der Waals surface area contributed by atoms with E-state index in [4.69, 9.17) is 0 Å². The summed E-state index contributed by atoms with van der Waals surface area (Å²) in [5.41, 5.74) is 2.42. The van der Waals surface area contributed by atoms with Gasteiger partial charge >= 0.3 is 235 Å². The molecule has 0 fully saturated rings. The first-order valence-electron chi connectivity index (χ1n) is 12.3. The van der Waals surface area contributed by atoms with Crippen molar-refractivity contribution in [3.63, 3.8) is 0 Å². The van der Waals surface area contributed by atoms with Gasteiger partial charge in [-0.15, -0.1) is 0 Å². The molecule has 1 heterocycles. The zero-order chi connectivity index (χ0) is 26.9. The van der Waals surface area contributed by atoms with Gasteiger partial charge in [0.2, 0.25) is 0 Å². The molecule has 0 aliphatic rings. The number of aromatic nitrogens is 2. The Morgan fingerprint density at radius 1 is 0.588 bits per heavy atom. The molecule has 1 aromatic carbocycles. The van der Waals surface area contributed by atoms with Crippen molar-refractivity contribution in [3.05, 3.63) is 27.6 Å². The number of aryl methyl sites for hydroxylation is 2. The van der Waals surface area contributed by atoms with Crippen molar-refractivity contribution in [2.24, 2.45) is 0 Å². The summed E-state index contributed by atoms with van der Waals surface area (Å²) in [6.45, 7) is 33.6. The Kier molecular flexibility index (Phi) is 8.93. The molecule has 7 heteroatoms. The predicted molar refractivity (Wildman–Crippen MR) is 163 cm³/mol. The normalized spacial score (nSPS) is 14.8. The van der Waals surface area contributed by atoms with Crippen molar-refractivity contribution in [2.45, 2.75) is 130 Å². The molecule has 194 valence electrons. The Hall–Kier alpha value is 1.11. The molecule has 34 heavy (non-hydrogen) atoms. The van der Waals surface area contributed by atoms with Crippen LogP contribution in [0.2, 0.25) is 0 Å². The van der Waals surface area contributed by atoms with Crippen LogP contribution in [0.25, 0.3) is 11.0 Å². The molecule has 0 N–H and O–H groups in total. The third kappa shape index (κ3) is 5.45. The molecule has 1 aromatic heterocycles. The number of hydrogen-bond donors (Lipinski definition) is 0. The molecule has 0 unspecified atom stereocenters. The maximum absolute atomic E-state index is 3.81. The monoisotopic (exact) mass is 702 g/mol. The van der Waals surface area contributed by atoms with Crippen LogP contribution in [0, 0.1) is 18.2 Å². The molecule has 0 aliphatic carbocycles. The first-order valence-corrected chi connectivity index (χ1v) is 21.5. The van der Waals surface area contributed by atoms with Gasteiger partial charge in [0.25, 0.3) is 0 Å². The molecule has 0 amide bonds. The zero-order valence-electron chi connectivity index (χ0n) is 24.1. The van der Waals surface area contributed by atoms with Crippen molar-refractivity contribution in [1.29, 1.82) is 0 Å². The van der Waals surface area contributed by atoms with E-state index < -0.39 is 11.0 Å². The van der Waals surface area contributed by atoms with Crippen LogP contribution in [0.1, 0.15) is 94.2 Å². The van der Waals surface area contributed by atoms with Crippen molar-refractivity contribution < 1.29 is 0 Å². The van der Waals surface area contributed by atoms with Gasteiger partial charge < -0.3 is 0 Å². The Morgan fingerprint density at radius 2 is 0.824 bits per heavy atom. The van der Waals surface area contributed by atoms with E-state index >= 15 is 0 Å². The molecule has 2 nitrogen and oxygen atoms in total. The van der Waals surface area contributed by atoms with Gasteiger partial charge in [-0.25, -0.2) is 0 Å². The number of rotatable bonds is 4. The van der Waals surface area contributed by atoms with E-state index in [1.54, 1.807) is 0 Å². The van der Waals surface area contributed by atoms with Crippen molar-refractivity contribution in [1.82, 2.24) is 9.13 Å². The molecule has 0 atom stereocenters. The number of imidazole rings is 1. The van der Waals surface area contributed by atoms with Gasteiger partial charge in [-0.1, -0.05) is 0 Å². The van der Waals surface area contributed by atoms with E-state index in [2.05, 4.69) is 164 Å². The summed E-state index contributed by atoms with van der Waals surface area (Å²) in [6.07, 6.45) is 2.08. The van der Waals surface area contributed by atoms with Crippen molar-refractivity contribution >= 4 is 67.8 Å². The molecular formula is C27H48N2P2Se3. The molecular weight excluding hydrogens is 651 g/mol. The van der Waals surface area contributed by atoms with Crippen molar-refractivity contribution in [3.8, 4) is 0 Å². The van der Waals surface area contributed by atoms with E-state index in [1.165, 1.54) is 26.5 Å². The fourth-order valence-electron chi connectivity index (χ4n) is 5.10. The van der Waals surface area contributed by atoms with Crippen LogP contribution in [0.3, 0.4) is 0 Å². The SMILES string of the molecule is Cc1cc2c(cc1C)n(CP(=[Se])(C(C)(C)C)C(C)(C)C)c(=[Se])n2CP(=[Se])(C(C)(C)C)C(C)(C)C. The third-order valence-corrected chi connectivity index (χ3v) is 33.8. The number of fused-ring (bicyclic) bond motifs is 1. The van der Waals surface area contributed by atoms with Gasteiger partial charge in [0, 0.05) is 0 Å². The second-order valence-electron chi connectivity index (χ2n) is 14.0. The van der Waals surface area contributed by atoms with E-state index in [0.29, 0.717) is 0 Å². The van der Waals surface area contributed by atoms with E-state index in [0.717, 1.165) is 12.6 Å². The van der Waals surface area contributed by atoms with Crippen LogP contribution in [0.15, 0.2) is 12.1 Å². The Bertz CT molecular complexity index is 1110. The van der Waals surface area contributed by atoms with Gasteiger partial charge in [-0.05, 0) is 0 Å². The summed E-state index contributed by atoms with van der Waals surface area (Å²) >= 11 is 11.2. The summed E-state index contributed by atoms with van der Waals surface area (Å²) in [5.74, 6) is 0. The van der Waals surface area contributed by atoms with Gasteiger partial charge in [0.05, 0.1) is 0 Å². The molecule has 0 saturated heterocycles. The van der Waals surface area contributed by atoms with Crippen LogP contribution in [0.5, 0.6) is 0 Å². The molecule has 0 spiro atoms. The van der Waals surface area contributed by atoms with Crippen LogP contribution in [0.4, 0.5) is 0 Å². The van der Waals surface area contributed by atoms with E-state index in [-0.39, 0.29) is 20.6 Å². The summed E-state index contributed by atoms with van der Waals surface area (Å²) in [7, 11) is 0. The molecule has 0 bridgehead atoms. The first kappa shape index (κ1) is 31.3. The molecule has 0 aliphatic heterocycles. The van der Waals surface area contributed by atoms with Crippen molar-refractivity contribution in [2.75, 3.05) is 0 Å². The van der Waals surface area contributed by atoms with E-state index in [9.17, 15) is 0 Å². The fourth-order valence-corrected chi connectivity index (χ4v) is 14.8. The Balaban J connectivity index is 2.95. The second kappa shape index (κ2) is 9.69. The van der Waals surface area contributed by atoms with E-state index in [1.807, 2.05) is 0 Å². The maximum atomic E-state index is 3.81. The summed E-state index contributed by atoms with van der Waals surface area (Å²) in [4.78, 5) is 0. The van der Waals surface area contributed by atoms with Gasteiger partial charge in [0.15, 0.2) is 0 Å². The molecule has 0 radical (unpaired) electrons. The standard InChI is InChI=1S/C27H48N2P2Se3/c1-19-15-21-22(16-20(19)2)29(18-31(34,26(9,10)11)27(12,13)14)23(32)28(21)17-30(33,24(3,4)5)25(6,7)8/h15-16H,17-18H2,1-14H3. The average Bonchev–Trinajstić information content (AvgIpc) is 2.83. The minimum atomic E-state index is -1.51. The fraction of sp³-hybridized carbons (Fsp3) is 0.741. The van der Waals surface area contributed by atoms with Gasteiger partial charge in [-0.3, -0.25) is 0 Å². The quantitative estimate of drug-likeness (QED) is 0.226. The van der Waals surface area contributed by atoms with Crippen LogP contribution >= 0.6 is 11.0 Å². The number of nitrogens with zero attached hydrogens (tertiary/aromatic N) is 2. The second-order valence-corrected chi connectivity index (χ2v) is 31.5. The topological polar surface area (TPSA) is 9.86 Å². The zero-order valence-corrected chi connectivity index (χ0v) is 31.0. The molecule has 2 rings (SSSR count). The van der Waals surface area contributed by atoms with Gasteiger partial charge in [-0.2, -0.15) is 0 Å². The Labute approximate surface area is 233 Å². The summed E-state index contributed by atoms with van der Waals surface area (Å²) in [5, 5.41) is 0.853. The number of benzene rings is 1. The third-order valence-electron chi connectivity index (χ3n) is 7.65. The van der Waals surface area contributed by atoms with Crippen LogP contribution < -0.4 is 0 Å². The summed E-state index contributed by atoms with van der Waals surface area (Å²) in [6, 6.07) is 4.84. The molecule has 0 saturated carbocycles. The predicted octanol–water partition coefficient (Wildman–Crippen LogP) is 8.07. The summed E-state index contributed by atoms with van der Waals surface area (Å²) < 4.78 is 6.48. The molecule has 2 aromatic rings. The Morgan fingerprint density at radius 3 is 1.03 bits per heavy atom. The first-order chi connectivity index (χ1) is 14.9. The van der Waals surface area contributed by atoms with Crippen LogP contribution in [-0.4, -0.2) is 75.5 Å². The van der Waals surface area contributed by atoms with Gasteiger partial charge in [0.1, 0.15) is 0 Å².